The zero-order chi connectivity index (χ0) is 14.5. The maximum absolute atomic E-state index is 12.8. The van der Waals surface area contributed by atoms with Crippen LogP contribution in [0, 0.1) is 5.82 Å². The Kier molecular flexibility index (Phi) is 6.92. The minimum Gasteiger partial charge on any atom is -0.490 e. The van der Waals surface area contributed by atoms with E-state index in [1.165, 1.54) is 12.1 Å². The molecule has 0 bridgehead atoms. The fraction of sp³-hybridized carbons (Fsp3) is 0.533. The second-order valence-corrected chi connectivity index (χ2v) is 5.33. The number of amides is 1. The van der Waals surface area contributed by atoms with E-state index in [2.05, 4.69) is 0 Å². The van der Waals surface area contributed by atoms with Crippen molar-refractivity contribution in [3.63, 3.8) is 0 Å². The van der Waals surface area contributed by atoms with Gasteiger partial charge in [-0.3, -0.25) is 4.79 Å². The smallest absolute Gasteiger partial charge is 0.224 e. The normalized spacial score (nSPS) is 17.0. The van der Waals surface area contributed by atoms with Gasteiger partial charge in [0, 0.05) is 38.4 Å². The van der Waals surface area contributed by atoms with Gasteiger partial charge in [-0.25, -0.2) is 4.39 Å². The van der Waals surface area contributed by atoms with E-state index in [-0.39, 0.29) is 36.3 Å². The highest BCUT2D eigenvalue weighted by Crippen LogP contribution is 2.19. The highest BCUT2D eigenvalue weighted by molar-refractivity contribution is 5.85. The first-order valence-electron chi connectivity index (χ1n) is 7.00. The van der Waals surface area contributed by atoms with Crippen LogP contribution in [-0.4, -0.2) is 36.0 Å². The number of carbonyl (C=O) groups is 1. The van der Waals surface area contributed by atoms with Gasteiger partial charge in [-0.15, -0.1) is 12.4 Å². The average Bonchev–Trinajstić information content (AvgIpc) is 2.41. The zero-order valence-corrected chi connectivity index (χ0v) is 12.9. The highest BCUT2D eigenvalue weighted by Gasteiger charge is 2.24. The van der Waals surface area contributed by atoms with Crippen LogP contribution in [0.5, 0.6) is 5.75 Å². The topological polar surface area (TPSA) is 55.6 Å². The number of piperidine rings is 1. The Balaban J connectivity index is 0.00000220. The minimum atomic E-state index is -0.270. The van der Waals surface area contributed by atoms with Crippen molar-refractivity contribution in [2.45, 2.75) is 38.3 Å². The molecule has 1 fully saturated rings. The summed E-state index contributed by atoms with van der Waals surface area (Å²) in [5.41, 5.74) is 5.64. The molecular formula is C15H22ClFN2O2. The van der Waals surface area contributed by atoms with E-state index in [1.807, 2.05) is 11.8 Å². The second kappa shape index (κ2) is 8.20. The molecule has 1 atom stereocenters. The molecule has 2 N–H and O–H groups in total. The molecule has 0 saturated carbocycles. The summed E-state index contributed by atoms with van der Waals surface area (Å²) in [5.74, 6) is 0.514. The molecule has 1 saturated heterocycles. The molecule has 0 spiro atoms. The molecule has 1 aliphatic heterocycles. The van der Waals surface area contributed by atoms with Crippen LogP contribution in [0.25, 0.3) is 0 Å². The van der Waals surface area contributed by atoms with Crippen molar-refractivity contribution in [2.75, 3.05) is 13.1 Å². The van der Waals surface area contributed by atoms with Crippen LogP contribution in [0.15, 0.2) is 24.3 Å². The lowest BCUT2D eigenvalue weighted by Gasteiger charge is -2.32. The number of rotatable bonds is 4. The second-order valence-electron chi connectivity index (χ2n) is 5.33. The van der Waals surface area contributed by atoms with Crippen molar-refractivity contribution in [3.05, 3.63) is 30.1 Å². The molecule has 1 unspecified atom stereocenters. The van der Waals surface area contributed by atoms with Crippen LogP contribution >= 0.6 is 12.4 Å². The van der Waals surface area contributed by atoms with Crippen LogP contribution < -0.4 is 10.5 Å². The molecule has 1 aromatic carbocycles. The fourth-order valence-corrected chi connectivity index (χ4v) is 2.33. The van der Waals surface area contributed by atoms with Gasteiger partial charge in [0.1, 0.15) is 17.7 Å². The van der Waals surface area contributed by atoms with Gasteiger partial charge in [-0.1, -0.05) is 0 Å². The van der Waals surface area contributed by atoms with E-state index in [0.29, 0.717) is 25.3 Å². The maximum atomic E-state index is 12.8. The maximum Gasteiger partial charge on any atom is 0.224 e. The van der Waals surface area contributed by atoms with Crippen LogP contribution in [-0.2, 0) is 4.79 Å². The summed E-state index contributed by atoms with van der Waals surface area (Å²) in [6.07, 6.45) is 2.06. The molecular weight excluding hydrogens is 295 g/mol. The van der Waals surface area contributed by atoms with E-state index >= 15 is 0 Å². The molecule has 118 valence electrons. The van der Waals surface area contributed by atoms with E-state index in [1.54, 1.807) is 12.1 Å². The van der Waals surface area contributed by atoms with Gasteiger partial charge in [0.2, 0.25) is 5.91 Å². The van der Waals surface area contributed by atoms with E-state index < -0.39 is 0 Å². The number of carbonyl (C=O) groups excluding carboxylic acids is 1. The summed E-state index contributed by atoms with van der Waals surface area (Å²) in [5, 5.41) is 0. The summed E-state index contributed by atoms with van der Waals surface area (Å²) >= 11 is 0. The van der Waals surface area contributed by atoms with Gasteiger partial charge < -0.3 is 15.4 Å². The Bertz CT molecular complexity index is 445. The fourth-order valence-electron chi connectivity index (χ4n) is 2.33. The number of ether oxygens (including phenoxy) is 1. The number of benzene rings is 1. The largest absolute Gasteiger partial charge is 0.490 e. The van der Waals surface area contributed by atoms with Crippen molar-refractivity contribution in [3.8, 4) is 5.75 Å². The van der Waals surface area contributed by atoms with Crippen molar-refractivity contribution in [1.82, 2.24) is 4.90 Å². The van der Waals surface area contributed by atoms with Crippen LogP contribution in [0.4, 0.5) is 4.39 Å². The summed E-state index contributed by atoms with van der Waals surface area (Å²) < 4.78 is 18.6. The summed E-state index contributed by atoms with van der Waals surface area (Å²) in [6.45, 7) is 3.22. The van der Waals surface area contributed by atoms with Crippen molar-refractivity contribution in [2.24, 2.45) is 5.73 Å². The number of likely N-dealkylation sites (tertiary alicyclic amines) is 1. The number of hydrogen-bond donors (Lipinski definition) is 1. The van der Waals surface area contributed by atoms with Crippen molar-refractivity contribution < 1.29 is 13.9 Å². The van der Waals surface area contributed by atoms with Gasteiger partial charge in [0.05, 0.1) is 0 Å². The molecule has 1 aliphatic rings. The van der Waals surface area contributed by atoms with Gasteiger partial charge in [-0.2, -0.15) is 0 Å². The number of nitrogens with zero attached hydrogens (tertiary/aromatic N) is 1. The third-order valence-corrected chi connectivity index (χ3v) is 3.41. The SMILES string of the molecule is CC(N)CC(=O)N1CCC(Oc2ccc(F)cc2)CC1.Cl. The molecule has 0 radical (unpaired) electrons. The predicted octanol–water partition coefficient (Wildman–Crippen LogP) is 2.35. The number of hydrogen-bond acceptors (Lipinski definition) is 3. The Morgan fingerprint density at radius 2 is 1.95 bits per heavy atom. The predicted molar refractivity (Wildman–Crippen MR) is 82.1 cm³/mol. The van der Waals surface area contributed by atoms with Gasteiger partial charge in [0.15, 0.2) is 0 Å². The Morgan fingerprint density at radius 3 is 2.48 bits per heavy atom. The monoisotopic (exact) mass is 316 g/mol. The first-order chi connectivity index (χ1) is 9.54. The van der Waals surface area contributed by atoms with E-state index in [9.17, 15) is 9.18 Å². The average molecular weight is 317 g/mol. The summed E-state index contributed by atoms with van der Waals surface area (Å²) in [6, 6.07) is 5.93. The lowest BCUT2D eigenvalue weighted by atomic mass is 10.1. The molecule has 21 heavy (non-hydrogen) atoms. The molecule has 1 amide bonds. The molecule has 0 aliphatic carbocycles. The van der Waals surface area contributed by atoms with Gasteiger partial charge in [-0.05, 0) is 31.2 Å². The zero-order valence-electron chi connectivity index (χ0n) is 12.1. The Labute approximate surface area is 130 Å². The summed E-state index contributed by atoms with van der Waals surface area (Å²) in [4.78, 5) is 13.7. The third-order valence-electron chi connectivity index (χ3n) is 3.41. The Morgan fingerprint density at radius 1 is 1.38 bits per heavy atom. The minimum absolute atomic E-state index is 0. The van der Waals surface area contributed by atoms with Crippen LogP contribution in [0.2, 0.25) is 0 Å². The third kappa shape index (κ3) is 5.52. The number of nitrogens with two attached hydrogens (primary N) is 1. The van der Waals surface area contributed by atoms with Crippen LogP contribution in [0.3, 0.4) is 0 Å². The van der Waals surface area contributed by atoms with E-state index in [0.717, 1.165) is 12.8 Å². The van der Waals surface area contributed by atoms with Crippen LogP contribution in [0.1, 0.15) is 26.2 Å². The molecule has 1 aromatic rings. The van der Waals surface area contributed by atoms with Gasteiger partial charge in [0.25, 0.3) is 0 Å². The summed E-state index contributed by atoms with van der Waals surface area (Å²) in [7, 11) is 0. The van der Waals surface area contributed by atoms with Crippen molar-refractivity contribution >= 4 is 18.3 Å². The Hall–Kier alpha value is -1.33. The molecule has 2 rings (SSSR count). The molecule has 1 heterocycles. The van der Waals surface area contributed by atoms with E-state index in [4.69, 9.17) is 10.5 Å². The van der Waals surface area contributed by atoms with Crippen molar-refractivity contribution in [1.29, 1.82) is 0 Å². The molecule has 4 nitrogen and oxygen atoms in total. The first kappa shape index (κ1) is 17.7. The first-order valence-corrected chi connectivity index (χ1v) is 7.00. The van der Waals surface area contributed by atoms with Gasteiger partial charge >= 0.3 is 0 Å². The standard InChI is InChI=1S/C15H21FN2O2.ClH/c1-11(17)10-15(19)18-8-6-14(7-9-18)20-13-4-2-12(16)3-5-13;/h2-5,11,14H,6-10,17H2,1H3;1H. The highest BCUT2D eigenvalue weighted by atomic mass is 35.5. The number of halogens is 2. The quantitative estimate of drug-likeness (QED) is 0.927. The molecule has 0 aromatic heterocycles. The lowest BCUT2D eigenvalue weighted by molar-refractivity contribution is -0.133. The lowest BCUT2D eigenvalue weighted by Crippen LogP contribution is -2.43. The molecule has 6 heteroatoms.